The number of nitrogens with one attached hydrogen (secondary N) is 1. The Morgan fingerprint density at radius 2 is 2.00 bits per heavy atom. The average molecular weight is 217 g/mol. The number of halogens is 2. The van der Waals surface area contributed by atoms with E-state index in [1.807, 2.05) is 26.0 Å². The number of carbonyl (C=O) groups is 1. The van der Waals surface area contributed by atoms with E-state index < -0.39 is 6.09 Å². The molecule has 74 valence electrons. The zero-order chi connectivity index (χ0) is 8.91. The van der Waals surface area contributed by atoms with Gasteiger partial charge in [-0.2, -0.15) is 0 Å². The molecule has 0 rings (SSSR count). The lowest BCUT2D eigenvalue weighted by atomic mass is 10.5. The number of likely N-dealkylation sites (N-methyl/N-ethyl adjacent to an activating group) is 1. The number of rotatable bonds is 3. The molecule has 0 atom stereocenters. The van der Waals surface area contributed by atoms with Crippen LogP contribution in [0.4, 0.5) is 4.79 Å². The van der Waals surface area contributed by atoms with Crippen LogP contribution >= 0.6 is 11.8 Å². The number of carbonyl (C=O) groups excluding carboxylic acids is 1. The highest BCUT2D eigenvalue weighted by Gasteiger charge is 2.07. The molecule has 0 aromatic carbocycles. The Morgan fingerprint density at radius 1 is 1.50 bits per heavy atom. The average Bonchev–Trinajstić information content (AvgIpc) is 1.85. The van der Waals surface area contributed by atoms with Gasteiger partial charge in [-0.3, -0.25) is 0 Å². The summed E-state index contributed by atoms with van der Waals surface area (Å²) in [5, 5.41) is 0. The molecule has 0 saturated carbocycles. The summed E-state index contributed by atoms with van der Waals surface area (Å²) < 4.78 is 5.43. The maximum atomic E-state index is 10.4. The van der Waals surface area contributed by atoms with Gasteiger partial charge in [0.15, 0.2) is 0 Å². The number of ether oxygens (including phenoxy) is 1. The molecule has 0 aliphatic heterocycles. The van der Waals surface area contributed by atoms with Crippen LogP contribution in [0.2, 0.25) is 0 Å². The molecular weight excluding hydrogens is 203 g/mol. The molecule has 0 fully saturated rings. The first-order chi connectivity index (χ1) is 4.95. The second-order valence-electron chi connectivity index (χ2n) is 3.24. The van der Waals surface area contributed by atoms with E-state index in [4.69, 9.17) is 11.8 Å². The molecule has 0 aromatic heterocycles. The first-order valence-corrected chi connectivity index (χ1v) is 3.67. The van der Waals surface area contributed by atoms with Gasteiger partial charge in [-0.15, -0.1) is 0 Å². The summed E-state index contributed by atoms with van der Waals surface area (Å²) in [6.45, 7) is 1.15. The van der Waals surface area contributed by atoms with Gasteiger partial charge in [-0.05, 0) is 0 Å². The normalized spacial score (nSPS) is 10.0. The van der Waals surface area contributed by atoms with Crippen LogP contribution in [-0.2, 0) is 4.74 Å². The molecule has 0 saturated heterocycles. The van der Waals surface area contributed by atoms with Gasteiger partial charge in [-0.25, -0.2) is 9.63 Å². The van der Waals surface area contributed by atoms with Crippen molar-refractivity contribution in [3.63, 3.8) is 0 Å². The van der Waals surface area contributed by atoms with E-state index in [1.165, 1.54) is 0 Å². The summed E-state index contributed by atoms with van der Waals surface area (Å²) in [6.07, 6.45) is -0.597. The fraction of sp³-hybridized carbons (Fsp3) is 0.833. The summed E-state index contributed by atoms with van der Waals surface area (Å²) in [5.74, 6) is 0. The summed E-state index contributed by atoms with van der Waals surface area (Å²) in [5.41, 5.74) is 0. The quantitative estimate of drug-likeness (QED) is 0.422. The van der Waals surface area contributed by atoms with Crippen LogP contribution < -0.4 is 17.2 Å². The lowest BCUT2D eigenvalue weighted by Gasteiger charge is -2.23. The topological polar surface area (TPSA) is 38.3 Å². The standard InChI is InChI=1S/C6H13ClN2O2.ClH/c1-9(2,3)4-5-11-6(10)8-7;/h4-5H2,1-3H3;1H. The van der Waals surface area contributed by atoms with Gasteiger partial charge in [0.25, 0.3) is 0 Å². The van der Waals surface area contributed by atoms with Crippen molar-refractivity contribution >= 4 is 17.9 Å². The molecule has 4 nitrogen and oxygen atoms in total. The van der Waals surface area contributed by atoms with Crippen LogP contribution in [0.15, 0.2) is 0 Å². The SMILES string of the molecule is C[N+](C)(C)CCOC(=O)NCl.[Cl-]. The Balaban J connectivity index is 0. The smallest absolute Gasteiger partial charge is 0.422 e. The minimum absolute atomic E-state index is 0. The van der Waals surface area contributed by atoms with Crippen molar-refractivity contribution in [2.24, 2.45) is 0 Å². The van der Waals surface area contributed by atoms with Crippen molar-refractivity contribution in [2.45, 2.75) is 0 Å². The predicted octanol–water partition coefficient (Wildman–Crippen LogP) is -2.42. The number of hydrogen-bond donors (Lipinski definition) is 1. The highest BCUT2D eigenvalue weighted by atomic mass is 35.5. The predicted molar refractivity (Wildman–Crippen MR) is 43.2 cm³/mol. The highest BCUT2D eigenvalue weighted by Crippen LogP contribution is 1.89. The van der Waals surface area contributed by atoms with Gasteiger partial charge in [0.1, 0.15) is 13.2 Å². The molecule has 0 aliphatic carbocycles. The molecule has 1 amide bonds. The van der Waals surface area contributed by atoms with Gasteiger partial charge in [-0.1, -0.05) is 0 Å². The van der Waals surface area contributed by atoms with Gasteiger partial charge in [0, 0.05) is 11.8 Å². The number of nitrogens with zero attached hydrogens (tertiary/aromatic N) is 1. The maximum Gasteiger partial charge on any atom is 0.422 e. The minimum Gasteiger partial charge on any atom is -1.00 e. The van der Waals surface area contributed by atoms with Crippen LogP contribution in [0, 0.1) is 0 Å². The van der Waals surface area contributed by atoms with Crippen molar-refractivity contribution in [3.05, 3.63) is 0 Å². The third kappa shape index (κ3) is 9.81. The first-order valence-electron chi connectivity index (χ1n) is 3.29. The van der Waals surface area contributed by atoms with Crippen molar-refractivity contribution in [1.82, 2.24) is 4.84 Å². The van der Waals surface area contributed by atoms with Crippen molar-refractivity contribution < 1.29 is 26.4 Å². The van der Waals surface area contributed by atoms with E-state index in [1.54, 1.807) is 0 Å². The monoisotopic (exact) mass is 216 g/mol. The molecule has 12 heavy (non-hydrogen) atoms. The first kappa shape index (κ1) is 14.3. The molecule has 1 N–H and O–H groups in total. The fourth-order valence-electron chi connectivity index (χ4n) is 0.439. The van der Waals surface area contributed by atoms with Crippen LogP contribution in [0.5, 0.6) is 0 Å². The molecule has 0 radical (unpaired) electrons. The molecule has 0 unspecified atom stereocenters. The lowest BCUT2D eigenvalue weighted by molar-refractivity contribution is -0.870. The largest absolute Gasteiger partial charge is 1.00 e. The van der Waals surface area contributed by atoms with Crippen LogP contribution in [-0.4, -0.2) is 44.9 Å². The van der Waals surface area contributed by atoms with Crippen LogP contribution in [0.3, 0.4) is 0 Å². The zero-order valence-corrected chi connectivity index (χ0v) is 8.95. The van der Waals surface area contributed by atoms with Crippen molar-refractivity contribution in [1.29, 1.82) is 0 Å². The summed E-state index contributed by atoms with van der Waals surface area (Å²) in [7, 11) is 6.05. The Kier molecular flexibility index (Phi) is 7.58. The van der Waals surface area contributed by atoms with Gasteiger partial charge in [0.2, 0.25) is 0 Å². The lowest BCUT2D eigenvalue weighted by Crippen LogP contribution is -3.00. The van der Waals surface area contributed by atoms with E-state index >= 15 is 0 Å². The molecule has 0 aliphatic rings. The minimum atomic E-state index is -0.597. The van der Waals surface area contributed by atoms with Crippen LogP contribution in [0.1, 0.15) is 0 Å². The van der Waals surface area contributed by atoms with E-state index in [9.17, 15) is 4.79 Å². The zero-order valence-electron chi connectivity index (χ0n) is 7.43. The molecular formula is C6H14Cl2N2O2. The maximum absolute atomic E-state index is 10.4. The number of amides is 1. The summed E-state index contributed by atoms with van der Waals surface area (Å²) in [4.78, 5) is 12.3. The van der Waals surface area contributed by atoms with E-state index in [-0.39, 0.29) is 12.4 Å². The molecule has 6 heteroatoms. The van der Waals surface area contributed by atoms with Gasteiger partial charge in [0.05, 0.1) is 21.1 Å². The summed E-state index contributed by atoms with van der Waals surface area (Å²) in [6, 6.07) is 0. The summed E-state index contributed by atoms with van der Waals surface area (Å²) >= 11 is 4.97. The second-order valence-corrected chi connectivity index (χ2v) is 3.43. The second kappa shape index (κ2) is 6.34. The van der Waals surface area contributed by atoms with E-state index in [0.29, 0.717) is 6.61 Å². The highest BCUT2D eigenvalue weighted by molar-refractivity contribution is 6.20. The van der Waals surface area contributed by atoms with Gasteiger partial charge >= 0.3 is 6.09 Å². The molecule has 0 spiro atoms. The third-order valence-corrected chi connectivity index (χ3v) is 1.23. The molecule has 0 bridgehead atoms. The molecule has 0 aromatic rings. The Morgan fingerprint density at radius 3 is 2.33 bits per heavy atom. The van der Waals surface area contributed by atoms with Crippen molar-refractivity contribution in [3.8, 4) is 0 Å². The van der Waals surface area contributed by atoms with Gasteiger partial charge < -0.3 is 21.6 Å². The Labute approximate surface area is 83.9 Å². The third-order valence-electron chi connectivity index (χ3n) is 1.07. The van der Waals surface area contributed by atoms with E-state index in [0.717, 1.165) is 11.0 Å². The number of hydrogen-bond acceptors (Lipinski definition) is 2. The molecule has 0 heterocycles. The Hall–Kier alpha value is -0.190. The van der Waals surface area contributed by atoms with Crippen molar-refractivity contribution in [2.75, 3.05) is 34.3 Å². The number of quaternary nitrogens is 1. The fourth-order valence-corrected chi connectivity index (χ4v) is 0.494. The van der Waals surface area contributed by atoms with Crippen LogP contribution in [0.25, 0.3) is 0 Å². The Bertz CT molecular complexity index is 136. The van der Waals surface area contributed by atoms with E-state index in [2.05, 4.69) is 4.74 Å².